The van der Waals surface area contributed by atoms with Crippen LogP contribution >= 0.6 is 0 Å². The number of sulfonamides is 1. The topological polar surface area (TPSA) is 171 Å². The molecule has 0 spiro atoms. The van der Waals surface area contributed by atoms with Gasteiger partial charge in [-0.3, -0.25) is 10.2 Å². The predicted molar refractivity (Wildman–Crippen MR) is 154 cm³/mol. The van der Waals surface area contributed by atoms with Crippen molar-refractivity contribution in [1.82, 2.24) is 26.0 Å². The van der Waals surface area contributed by atoms with Gasteiger partial charge in [-0.1, -0.05) is 0 Å². The number of rotatable bonds is 11. The molecule has 40 heavy (non-hydrogen) atoms. The Labute approximate surface area is 238 Å². The first kappa shape index (κ1) is 33.1. The van der Waals surface area contributed by atoms with Gasteiger partial charge in [-0.05, 0) is 92.0 Å². The monoisotopic (exact) mass is 582 g/mol. The third kappa shape index (κ3) is 8.98. The van der Waals surface area contributed by atoms with E-state index in [1.165, 1.54) is 0 Å². The van der Waals surface area contributed by atoms with Gasteiger partial charge in [-0.25, -0.2) is 17.9 Å². The zero-order chi connectivity index (χ0) is 30.5. The summed E-state index contributed by atoms with van der Waals surface area (Å²) in [6, 6.07) is -0.856. The van der Waals surface area contributed by atoms with E-state index in [1.807, 2.05) is 20.8 Å². The Morgan fingerprint density at radius 1 is 1.05 bits per heavy atom. The Hall–Kier alpha value is -3.06. The lowest BCUT2D eigenvalue weighted by molar-refractivity contribution is -0.123. The Morgan fingerprint density at radius 2 is 1.70 bits per heavy atom. The summed E-state index contributed by atoms with van der Waals surface area (Å²) in [5.74, 6) is -0.0117. The lowest BCUT2D eigenvalue weighted by Gasteiger charge is -2.23. The zero-order valence-electron chi connectivity index (χ0n) is 25.2. The SMILES string of the molecule is CNCCNC(=O)[C@H](CCCNC(=N)NS(=O)(=O)c1c(C)c(C)c2c(c1C)CC(C)(C)O2)NC(=O)OC(C)(C)C. The molecule has 1 aromatic rings. The van der Waals surface area contributed by atoms with Crippen molar-refractivity contribution in [3.63, 3.8) is 0 Å². The number of hydrogen-bond donors (Lipinski definition) is 6. The van der Waals surface area contributed by atoms with Crippen LogP contribution in [0.25, 0.3) is 0 Å². The Morgan fingerprint density at radius 3 is 2.30 bits per heavy atom. The molecule has 2 rings (SSSR count). The zero-order valence-corrected chi connectivity index (χ0v) is 26.0. The summed E-state index contributed by atoms with van der Waals surface area (Å²) in [5.41, 5.74) is 1.68. The Kier molecular flexibility index (Phi) is 10.8. The molecule has 0 aromatic heterocycles. The fourth-order valence-corrected chi connectivity index (χ4v) is 6.07. The smallest absolute Gasteiger partial charge is 0.408 e. The molecule has 1 atom stereocenters. The van der Waals surface area contributed by atoms with Crippen molar-refractivity contribution in [2.75, 3.05) is 26.7 Å². The highest BCUT2D eigenvalue weighted by atomic mass is 32.2. The van der Waals surface area contributed by atoms with Gasteiger partial charge >= 0.3 is 6.09 Å². The fraction of sp³-hybridized carbons (Fsp3) is 0.667. The number of nitrogens with one attached hydrogen (secondary N) is 6. The molecule has 2 amide bonds. The molecule has 0 bridgehead atoms. The standard InChI is InChI=1S/C27H46N6O6S/c1-16-17(2)22(18(3)19-15-27(7,8)38-21(16)19)40(36,37)33-24(28)31-12-10-11-20(23(34)30-14-13-29-9)32-25(35)39-26(4,5)6/h20,29H,10-15H2,1-9H3,(H,30,34)(H,32,35)(H3,28,31,33)/t20-/m0/s1. The lowest BCUT2D eigenvalue weighted by Crippen LogP contribution is -2.49. The van der Waals surface area contributed by atoms with Crippen molar-refractivity contribution in [2.24, 2.45) is 0 Å². The highest BCUT2D eigenvalue weighted by molar-refractivity contribution is 7.90. The van der Waals surface area contributed by atoms with Crippen LogP contribution in [0, 0.1) is 26.2 Å². The number of likely N-dealkylation sites (N-methyl/N-ethyl adjacent to an activating group) is 1. The minimum Gasteiger partial charge on any atom is -0.487 e. The van der Waals surface area contributed by atoms with E-state index in [0.717, 1.165) is 16.9 Å². The number of hydrogen-bond acceptors (Lipinski definition) is 8. The number of guanidine groups is 1. The average molecular weight is 583 g/mol. The lowest BCUT2D eigenvalue weighted by atomic mass is 9.94. The van der Waals surface area contributed by atoms with Crippen LogP contribution in [0.1, 0.15) is 69.7 Å². The van der Waals surface area contributed by atoms with Crippen LogP contribution in [0.15, 0.2) is 4.90 Å². The summed E-state index contributed by atoms with van der Waals surface area (Å²) in [7, 11) is -2.29. The first-order valence-corrected chi connectivity index (χ1v) is 15.0. The normalized spacial score (nSPS) is 14.9. The maximum absolute atomic E-state index is 13.3. The van der Waals surface area contributed by atoms with Crippen molar-refractivity contribution >= 4 is 28.0 Å². The van der Waals surface area contributed by atoms with Crippen molar-refractivity contribution in [3.05, 3.63) is 22.3 Å². The van der Waals surface area contributed by atoms with Gasteiger partial charge in [0, 0.05) is 31.6 Å². The van der Waals surface area contributed by atoms with Crippen LogP contribution in [-0.2, 0) is 26.0 Å². The van der Waals surface area contributed by atoms with E-state index in [0.29, 0.717) is 37.1 Å². The van der Waals surface area contributed by atoms with E-state index in [-0.39, 0.29) is 29.7 Å². The number of alkyl carbamates (subject to hydrolysis) is 1. The second-order valence-electron chi connectivity index (χ2n) is 11.7. The second-order valence-corrected chi connectivity index (χ2v) is 13.3. The Balaban J connectivity index is 2.02. The first-order valence-electron chi connectivity index (χ1n) is 13.5. The average Bonchev–Trinajstić information content (AvgIpc) is 3.14. The summed E-state index contributed by atoms with van der Waals surface area (Å²) < 4.78 is 40.3. The summed E-state index contributed by atoms with van der Waals surface area (Å²) in [6.45, 7) is 15.6. The van der Waals surface area contributed by atoms with Crippen LogP contribution in [-0.4, -0.2) is 70.3 Å². The molecule has 13 heteroatoms. The fourth-order valence-electron chi connectivity index (χ4n) is 4.54. The van der Waals surface area contributed by atoms with Gasteiger partial charge in [0.15, 0.2) is 0 Å². The molecule has 0 fully saturated rings. The van der Waals surface area contributed by atoms with Crippen LogP contribution in [0.3, 0.4) is 0 Å². The summed E-state index contributed by atoms with van der Waals surface area (Å²) in [4.78, 5) is 25.0. The van der Waals surface area contributed by atoms with Crippen LogP contribution < -0.4 is 30.7 Å². The van der Waals surface area contributed by atoms with E-state index in [1.54, 1.807) is 41.7 Å². The quantitative estimate of drug-likeness (QED) is 0.131. The van der Waals surface area contributed by atoms with Gasteiger partial charge in [-0.15, -0.1) is 0 Å². The van der Waals surface area contributed by atoms with Gasteiger partial charge in [0.1, 0.15) is 23.0 Å². The predicted octanol–water partition coefficient (Wildman–Crippen LogP) is 2.14. The van der Waals surface area contributed by atoms with E-state index < -0.39 is 33.4 Å². The highest BCUT2D eigenvalue weighted by Crippen LogP contribution is 2.43. The third-order valence-corrected chi connectivity index (χ3v) is 8.07. The summed E-state index contributed by atoms with van der Waals surface area (Å²) >= 11 is 0. The molecule has 0 aliphatic carbocycles. The third-order valence-electron chi connectivity index (χ3n) is 6.45. The molecule has 0 unspecified atom stereocenters. The maximum Gasteiger partial charge on any atom is 0.408 e. The van der Waals surface area contributed by atoms with Crippen LogP contribution in [0.2, 0.25) is 0 Å². The van der Waals surface area contributed by atoms with E-state index in [2.05, 4.69) is 26.0 Å². The number of ether oxygens (including phenoxy) is 2. The molecular weight excluding hydrogens is 536 g/mol. The summed E-state index contributed by atoms with van der Waals surface area (Å²) in [6.07, 6.45) is 0.496. The molecular formula is C27H46N6O6S. The van der Waals surface area contributed by atoms with Crippen molar-refractivity contribution in [3.8, 4) is 5.75 Å². The van der Waals surface area contributed by atoms with Crippen LogP contribution in [0.4, 0.5) is 4.79 Å². The molecule has 1 heterocycles. The first-order chi connectivity index (χ1) is 18.4. The van der Waals surface area contributed by atoms with Crippen LogP contribution in [0.5, 0.6) is 5.75 Å². The van der Waals surface area contributed by atoms with Crippen molar-refractivity contribution in [2.45, 2.75) is 96.8 Å². The van der Waals surface area contributed by atoms with Gasteiger partial charge in [0.05, 0.1) is 4.90 Å². The van der Waals surface area contributed by atoms with Crippen molar-refractivity contribution < 1.29 is 27.5 Å². The molecule has 6 N–H and O–H groups in total. The molecule has 226 valence electrons. The number of fused-ring (bicyclic) bond motifs is 1. The molecule has 1 aliphatic heterocycles. The number of carbonyl (C=O) groups is 2. The summed E-state index contributed by atoms with van der Waals surface area (Å²) in [5, 5.41) is 19.2. The van der Waals surface area contributed by atoms with Gasteiger partial charge in [0.25, 0.3) is 10.0 Å². The molecule has 12 nitrogen and oxygen atoms in total. The number of carbonyl (C=O) groups excluding carboxylic acids is 2. The molecule has 1 aliphatic rings. The van der Waals surface area contributed by atoms with Crippen molar-refractivity contribution in [1.29, 1.82) is 5.41 Å². The van der Waals surface area contributed by atoms with Gasteiger partial charge < -0.3 is 30.7 Å². The minimum atomic E-state index is -4.05. The highest BCUT2D eigenvalue weighted by Gasteiger charge is 2.36. The number of benzene rings is 1. The Bertz CT molecular complexity index is 1220. The molecule has 0 saturated heterocycles. The molecule has 0 saturated carbocycles. The largest absolute Gasteiger partial charge is 0.487 e. The van der Waals surface area contributed by atoms with E-state index in [9.17, 15) is 18.0 Å². The molecule has 0 radical (unpaired) electrons. The van der Waals surface area contributed by atoms with E-state index in [4.69, 9.17) is 14.9 Å². The van der Waals surface area contributed by atoms with Gasteiger partial charge in [0.2, 0.25) is 11.9 Å². The second kappa shape index (κ2) is 13.1. The number of amides is 2. The minimum absolute atomic E-state index is 0.150. The molecule has 1 aromatic carbocycles. The maximum atomic E-state index is 13.3. The van der Waals surface area contributed by atoms with E-state index >= 15 is 0 Å². The van der Waals surface area contributed by atoms with Gasteiger partial charge in [-0.2, -0.15) is 0 Å².